The van der Waals surface area contributed by atoms with E-state index in [2.05, 4.69) is 0 Å². The molecule has 0 aliphatic rings. The Labute approximate surface area is 107 Å². The van der Waals surface area contributed by atoms with Gasteiger partial charge in [-0.15, -0.1) is 0 Å². The number of carbonyl (C=O) groups is 1. The van der Waals surface area contributed by atoms with Crippen LogP contribution >= 0.6 is 0 Å². The fourth-order valence-electron chi connectivity index (χ4n) is 1.76. The van der Waals surface area contributed by atoms with Crippen LogP contribution in [0.25, 0.3) is 11.1 Å². The molecule has 2 aromatic rings. The summed E-state index contributed by atoms with van der Waals surface area (Å²) in [5.74, 6) is -3.36. The van der Waals surface area contributed by atoms with Crippen molar-refractivity contribution in [2.24, 2.45) is 0 Å². The SMILES string of the molecule is O=C(O)Cc1cc(-c2ccc(F)cc2F)ccc1F. The summed E-state index contributed by atoms with van der Waals surface area (Å²) < 4.78 is 39.8. The number of aliphatic carboxylic acids is 1. The van der Waals surface area contributed by atoms with Gasteiger partial charge in [-0.1, -0.05) is 6.07 Å². The molecular formula is C14H9F3O2. The Hall–Kier alpha value is -2.30. The summed E-state index contributed by atoms with van der Waals surface area (Å²) in [7, 11) is 0. The van der Waals surface area contributed by atoms with E-state index in [0.29, 0.717) is 5.56 Å². The molecule has 0 atom stereocenters. The molecule has 0 heterocycles. The third-order valence-corrected chi connectivity index (χ3v) is 2.63. The largest absolute Gasteiger partial charge is 0.481 e. The fraction of sp³-hybridized carbons (Fsp3) is 0.0714. The molecule has 2 aromatic carbocycles. The predicted molar refractivity (Wildman–Crippen MR) is 63.1 cm³/mol. The molecule has 0 saturated heterocycles. The van der Waals surface area contributed by atoms with Gasteiger partial charge >= 0.3 is 5.97 Å². The van der Waals surface area contributed by atoms with Gasteiger partial charge in [0.1, 0.15) is 17.5 Å². The minimum Gasteiger partial charge on any atom is -0.481 e. The highest BCUT2D eigenvalue weighted by atomic mass is 19.1. The molecule has 0 unspecified atom stereocenters. The van der Waals surface area contributed by atoms with E-state index in [1.807, 2.05) is 0 Å². The number of hydrogen-bond donors (Lipinski definition) is 1. The van der Waals surface area contributed by atoms with Gasteiger partial charge in [-0.2, -0.15) is 0 Å². The average molecular weight is 266 g/mol. The summed E-state index contributed by atoms with van der Waals surface area (Å²) >= 11 is 0. The standard InChI is InChI=1S/C14H9F3O2/c15-10-2-3-11(13(17)7-10)8-1-4-12(16)9(5-8)6-14(18)19/h1-5,7H,6H2,(H,18,19). The van der Waals surface area contributed by atoms with Crippen LogP contribution in [0.3, 0.4) is 0 Å². The zero-order valence-corrected chi connectivity index (χ0v) is 9.66. The molecule has 0 radical (unpaired) electrons. The summed E-state index contributed by atoms with van der Waals surface area (Å²) in [5.41, 5.74) is 0.344. The van der Waals surface area contributed by atoms with Gasteiger partial charge in [-0.3, -0.25) is 4.79 Å². The number of benzene rings is 2. The van der Waals surface area contributed by atoms with Crippen LogP contribution in [0.2, 0.25) is 0 Å². The van der Waals surface area contributed by atoms with Crippen molar-refractivity contribution in [2.75, 3.05) is 0 Å². The lowest BCUT2D eigenvalue weighted by atomic mass is 10.0. The van der Waals surface area contributed by atoms with Crippen molar-refractivity contribution in [3.8, 4) is 11.1 Å². The van der Waals surface area contributed by atoms with Gasteiger partial charge in [0.25, 0.3) is 0 Å². The minimum absolute atomic E-state index is 0.0475. The normalized spacial score (nSPS) is 10.5. The molecule has 5 heteroatoms. The molecular weight excluding hydrogens is 257 g/mol. The van der Waals surface area contributed by atoms with Gasteiger partial charge in [-0.25, -0.2) is 13.2 Å². The first-order valence-corrected chi connectivity index (χ1v) is 5.43. The van der Waals surface area contributed by atoms with Gasteiger partial charge in [0.2, 0.25) is 0 Å². The quantitative estimate of drug-likeness (QED) is 0.924. The lowest BCUT2D eigenvalue weighted by Gasteiger charge is -2.07. The molecule has 0 aliphatic carbocycles. The van der Waals surface area contributed by atoms with Crippen LogP contribution in [-0.2, 0) is 11.2 Å². The molecule has 0 amide bonds. The summed E-state index contributed by atoms with van der Waals surface area (Å²) in [6.07, 6.45) is -0.498. The second-order valence-electron chi connectivity index (χ2n) is 4.00. The van der Waals surface area contributed by atoms with Crippen LogP contribution in [0.4, 0.5) is 13.2 Å². The first kappa shape index (κ1) is 13.1. The van der Waals surface area contributed by atoms with Crippen LogP contribution < -0.4 is 0 Å². The Morgan fingerprint density at radius 3 is 2.37 bits per heavy atom. The fourth-order valence-corrected chi connectivity index (χ4v) is 1.76. The molecule has 0 aliphatic heterocycles. The highest BCUT2D eigenvalue weighted by Gasteiger charge is 2.11. The number of halogens is 3. The topological polar surface area (TPSA) is 37.3 Å². The summed E-state index contributed by atoms with van der Waals surface area (Å²) in [5, 5.41) is 8.65. The van der Waals surface area contributed by atoms with Crippen LogP contribution in [-0.4, -0.2) is 11.1 Å². The smallest absolute Gasteiger partial charge is 0.307 e. The van der Waals surface area contributed by atoms with E-state index in [0.717, 1.165) is 18.2 Å². The molecule has 98 valence electrons. The van der Waals surface area contributed by atoms with Gasteiger partial charge in [0, 0.05) is 11.6 Å². The molecule has 19 heavy (non-hydrogen) atoms. The maximum Gasteiger partial charge on any atom is 0.307 e. The van der Waals surface area contributed by atoms with E-state index in [4.69, 9.17) is 5.11 Å². The summed E-state index contributed by atoms with van der Waals surface area (Å²) in [6.45, 7) is 0. The Kier molecular flexibility index (Phi) is 3.55. The van der Waals surface area contributed by atoms with E-state index < -0.39 is 29.8 Å². The molecule has 0 bridgehead atoms. The Morgan fingerprint density at radius 2 is 1.74 bits per heavy atom. The predicted octanol–water partition coefficient (Wildman–Crippen LogP) is 3.40. The molecule has 2 nitrogen and oxygen atoms in total. The summed E-state index contributed by atoms with van der Waals surface area (Å²) in [6, 6.07) is 6.66. The highest BCUT2D eigenvalue weighted by molar-refractivity contribution is 5.72. The van der Waals surface area contributed by atoms with Crippen LogP contribution in [0.5, 0.6) is 0 Å². The van der Waals surface area contributed by atoms with E-state index >= 15 is 0 Å². The molecule has 0 fully saturated rings. The van der Waals surface area contributed by atoms with Crippen LogP contribution in [0.1, 0.15) is 5.56 Å². The van der Waals surface area contributed by atoms with Gasteiger partial charge in [0.05, 0.1) is 6.42 Å². The van der Waals surface area contributed by atoms with Gasteiger partial charge in [-0.05, 0) is 35.4 Å². The van der Waals surface area contributed by atoms with Crippen LogP contribution in [0.15, 0.2) is 36.4 Å². The molecule has 0 aromatic heterocycles. The number of hydrogen-bond acceptors (Lipinski definition) is 1. The zero-order chi connectivity index (χ0) is 14.0. The summed E-state index contributed by atoms with van der Waals surface area (Å²) in [4.78, 5) is 10.6. The van der Waals surface area contributed by atoms with Crippen molar-refractivity contribution < 1.29 is 23.1 Å². The maximum atomic E-state index is 13.6. The first-order chi connectivity index (χ1) is 8.97. The Balaban J connectivity index is 2.48. The van der Waals surface area contributed by atoms with E-state index in [-0.39, 0.29) is 11.1 Å². The number of carboxylic acid groups (broad SMARTS) is 1. The van der Waals surface area contributed by atoms with Crippen LogP contribution in [0, 0.1) is 17.5 Å². The second-order valence-corrected chi connectivity index (χ2v) is 4.00. The van der Waals surface area contributed by atoms with Crippen molar-refractivity contribution >= 4 is 5.97 Å². The Morgan fingerprint density at radius 1 is 1.00 bits per heavy atom. The van der Waals surface area contributed by atoms with Crippen molar-refractivity contribution in [3.63, 3.8) is 0 Å². The van der Waals surface area contributed by atoms with E-state index in [9.17, 15) is 18.0 Å². The second kappa shape index (κ2) is 5.14. The van der Waals surface area contributed by atoms with Gasteiger partial charge in [0.15, 0.2) is 0 Å². The third-order valence-electron chi connectivity index (χ3n) is 2.63. The lowest BCUT2D eigenvalue weighted by Crippen LogP contribution is -2.02. The average Bonchev–Trinajstić information content (AvgIpc) is 2.32. The van der Waals surface area contributed by atoms with E-state index in [1.54, 1.807) is 0 Å². The molecule has 0 spiro atoms. The molecule has 0 saturated carbocycles. The minimum atomic E-state index is -1.18. The number of carboxylic acids is 1. The first-order valence-electron chi connectivity index (χ1n) is 5.43. The van der Waals surface area contributed by atoms with Crippen molar-refractivity contribution in [3.05, 3.63) is 59.4 Å². The number of rotatable bonds is 3. The third kappa shape index (κ3) is 2.93. The highest BCUT2D eigenvalue weighted by Crippen LogP contribution is 2.25. The van der Waals surface area contributed by atoms with Crippen molar-refractivity contribution in [2.45, 2.75) is 6.42 Å². The lowest BCUT2D eigenvalue weighted by molar-refractivity contribution is -0.136. The Bertz CT molecular complexity index is 639. The maximum absolute atomic E-state index is 13.6. The van der Waals surface area contributed by atoms with Gasteiger partial charge < -0.3 is 5.11 Å². The monoisotopic (exact) mass is 266 g/mol. The zero-order valence-electron chi connectivity index (χ0n) is 9.66. The van der Waals surface area contributed by atoms with Crippen molar-refractivity contribution in [1.29, 1.82) is 0 Å². The van der Waals surface area contributed by atoms with Crippen molar-refractivity contribution in [1.82, 2.24) is 0 Å². The molecule has 2 rings (SSSR count). The molecule has 1 N–H and O–H groups in total. The van der Waals surface area contributed by atoms with E-state index in [1.165, 1.54) is 18.2 Å².